The highest BCUT2D eigenvalue weighted by Gasteiger charge is 2.29. The van der Waals surface area contributed by atoms with Crippen molar-refractivity contribution in [2.75, 3.05) is 23.7 Å². The monoisotopic (exact) mass is 253 g/mol. The van der Waals surface area contributed by atoms with Gasteiger partial charge < -0.3 is 16.0 Å². The standard InChI is InChI=1S/C12H16ClN3O/c1-2-9-12(17)15-6-7-16(9)10-5-3-4-8(13)11(10)14/h3-5,9H,2,6-7,14H2,1H3,(H,15,17). The maximum absolute atomic E-state index is 11.8. The van der Waals surface area contributed by atoms with E-state index in [4.69, 9.17) is 17.3 Å². The van der Waals surface area contributed by atoms with Crippen LogP contribution in [0.15, 0.2) is 18.2 Å². The maximum atomic E-state index is 11.8. The van der Waals surface area contributed by atoms with E-state index >= 15 is 0 Å². The Hall–Kier alpha value is -1.42. The van der Waals surface area contributed by atoms with Crippen LogP contribution in [0, 0.1) is 0 Å². The number of amides is 1. The molecule has 0 saturated carbocycles. The van der Waals surface area contributed by atoms with Gasteiger partial charge in [0.2, 0.25) is 5.91 Å². The molecular weight excluding hydrogens is 238 g/mol. The summed E-state index contributed by atoms with van der Waals surface area (Å²) < 4.78 is 0. The molecule has 0 aromatic heterocycles. The Morgan fingerprint density at radius 2 is 2.35 bits per heavy atom. The number of carbonyl (C=O) groups excluding carboxylic acids is 1. The number of nitrogens with two attached hydrogens (primary N) is 1. The second-order valence-corrected chi connectivity index (χ2v) is 4.49. The van der Waals surface area contributed by atoms with Gasteiger partial charge in [0, 0.05) is 13.1 Å². The summed E-state index contributed by atoms with van der Waals surface area (Å²) in [5, 5.41) is 3.39. The lowest BCUT2D eigenvalue weighted by Crippen LogP contribution is -2.55. The molecule has 1 aromatic carbocycles. The molecule has 0 spiro atoms. The number of nitrogens with one attached hydrogen (secondary N) is 1. The predicted octanol–water partition coefficient (Wildman–Crippen LogP) is 1.64. The third kappa shape index (κ3) is 2.17. The van der Waals surface area contributed by atoms with Gasteiger partial charge in [-0.3, -0.25) is 4.79 Å². The molecule has 3 N–H and O–H groups in total. The van der Waals surface area contributed by atoms with E-state index in [1.165, 1.54) is 0 Å². The van der Waals surface area contributed by atoms with E-state index in [1.807, 2.05) is 24.0 Å². The zero-order valence-electron chi connectivity index (χ0n) is 9.74. The van der Waals surface area contributed by atoms with Crippen molar-refractivity contribution < 1.29 is 4.79 Å². The Morgan fingerprint density at radius 1 is 1.59 bits per heavy atom. The first-order valence-electron chi connectivity index (χ1n) is 5.73. The molecule has 1 heterocycles. The van der Waals surface area contributed by atoms with Gasteiger partial charge in [0.25, 0.3) is 0 Å². The lowest BCUT2D eigenvalue weighted by Gasteiger charge is -2.37. The van der Waals surface area contributed by atoms with Crippen molar-refractivity contribution in [3.8, 4) is 0 Å². The number of halogens is 1. The molecule has 0 bridgehead atoms. The second-order valence-electron chi connectivity index (χ2n) is 4.08. The van der Waals surface area contributed by atoms with E-state index in [9.17, 15) is 4.79 Å². The van der Waals surface area contributed by atoms with Crippen molar-refractivity contribution in [3.63, 3.8) is 0 Å². The van der Waals surface area contributed by atoms with Gasteiger partial charge in [-0.05, 0) is 18.6 Å². The fourth-order valence-corrected chi connectivity index (χ4v) is 2.35. The second kappa shape index (κ2) is 4.84. The summed E-state index contributed by atoms with van der Waals surface area (Å²) in [4.78, 5) is 13.8. The summed E-state index contributed by atoms with van der Waals surface area (Å²) in [6.45, 7) is 3.39. The third-order valence-corrected chi connectivity index (χ3v) is 3.39. The molecule has 1 fully saturated rings. The zero-order chi connectivity index (χ0) is 12.4. The number of nitrogen functional groups attached to an aromatic ring is 1. The number of benzene rings is 1. The molecule has 1 unspecified atom stereocenters. The number of hydrogen-bond acceptors (Lipinski definition) is 3. The topological polar surface area (TPSA) is 58.4 Å². The summed E-state index contributed by atoms with van der Waals surface area (Å²) in [5.74, 6) is 0.0538. The van der Waals surface area contributed by atoms with E-state index in [0.29, 0.717) is 17.3 Å². The summed E-state index contributed by atoms with van der Waals surface area (Å²) in [6, 6.07) is 5.35. The van der Waals surface area contributed by atoms with Crippen molar-refractivity contribution in [1.29, 1.82) is 0 Å². The van der Waals surface area contributed by atoms with Crippen LogP contribution >= 0.6 is 11.6 Å². The summed E-state index contributed by atoms with van der Waals surface area (Å²) in [6.07, 6.45) is 0.748. The van der Waals surface area contributed by atoms with Crippen LogP contribution in [0.1, 0.15) is 13.3 Å². The molecule has 1 saturated heterocycles. The molecule has 92 valence electrons. The van der Waals surface area contributed by atoms with E-state index < -0.39 is 0 Å². The largest absolute Gasteiger partial charge is 0.396 e. The van der Waals surface area contributed by atoms with E-state index in [2.05, 4.69) is 5.32 Å². The number of hydrogen-bond donors (Lipinski definition) is 2. The molecule has 5 heteroatoms. The highest BCUT2D eigenvalue weighted by Crippen LogP contribution is 2.32. The molecular formula is C12H16ClN3O. The first-order chi connectivity index (χ1) is 8.15. The molecule has 1 aromatic rings. The zero-order valence-corrected chi connectivity index (χ0v) is 10.5. The smallest absolute Gasteiger partial charge is 0.242 e. The number of para-hydroxylation sites is 1. The molecule has 17 heavy (non-hydrogen) atoms. The lowest BCUT2D eigenvalue weighted by atomic mass is 10.1. The molecule has 1 aliphatic heterocycles. The van der Waals surface area contributed by atoms with Crippen LogP contribution in [-0.2, 0) is 4.79 Å². The van der Waals surface area contributed by atoms with Crippen molar-refractivity contribution in [3.05, 3.63) is 23.2 Å². The lowest BCUT2D eigenvalue weighted by molar-refractivity contribution is -0.123. The first-order valence-corrected chi connectivity index (χ1v) is 6.11. The Kier molecular flexibility index (Phi) is 3.43. The SMILES string of the molecule is CCC1C(=O)NCCN1c1cccc(Cl)c1N. The first kappa shape index (κ1) is 12.0. The molecule has 4 nitrogen and oxygen atoms in total. The summed E-state index contributed by atoms with van der Waals surface area (Å²) in [7, 11) is 0. The quantitative estimate of drug-likeness (QED) is 0.788. The Labute approximate surface area is 106 Å². The third-order valence-electron chi connectivity index (χ3n) is 3.06. The van der Waals surface area contributed by atoms with Crippen LogP contribution in [0.3, 0.4) is 0 Å². The van der Waals surface area contributed by atoms with Crippen LogP contribution in [0.25, 0.3) is 0 Å². The average Bonchev–Trinajstić information content (AvgIpc) is 2.32. The van der Waals surface area contributed by atoms with Gasteiger partial charge in [0.1, 0.15) is 6.04 Å². The fraction of sp³-hybridized carbons (Fsp3) is 0.417. The van der Waals surface area contributed by atoms with Crippen molar-refractivity contribution in [1.82, 2.24) is 5.32 Å². The van der Waals surface area contributed by atoms with E-state index in [0.717, 1.165) is 18.7 Å². The number of nitrogens with zero attached hydrogens (tertiary/aromatic N) is 1. The van der Waals surface area contributed by atoms with Crippen LogP contribution in [0.4, 0.5) is 11.4 Å². The number of piperazine rings is 1. The molecule has 2 rings (SSSR count). The van der Waals surface area contributed by atoms with Gasteiger partial charge in [0.15, 0.2) is 0 Å². The van der Waals surface area contributed by atoms with Crippen LogP contribution < -0.4 is 16.0 Å². The minimum atomic E-state index is -0.162. The number of anilines is 2. The molecule has 1 atom stereocenters. The molecule has 0 radical (unpaired) electrons. The fourth-order valence-electron chi connectivity index (χ4n) is 2.18. The highest BCUT2D eigenvalue weighted by atomic mass is 35.5. The normalized spacial score (nSPS) is 20.2. The number of rotatable bonds is 2. The van der Waals surface area contributed by atoms with Gasteiger partial charge >= 0.3 is 0 Å². The molecule has 0 aliphatic carbocycles. The van der Waals surface area contributed by atoms with Crippen LogP contribution in [0.5, 0.6) is 0 Å². The van der Waals surface area contributed by atoms with Crippen molar-refractivity contribution in [2.24, 2.45) is 0 Å². The predicted molar refractivity (Wildman–Crippen MR) is 70.3 cm³/mol. The van der Waals surface area contributed by atoms with Gasteiger partial charge in [-0.1, -0.05) is 24.6 Å². The molecule has 1 amide bonds. The van der Waals surface area contributed by atoms with Gasteiger partial charge in [-0.25, -0.2) is 0 Å². The van der Waals surface area contributed by atoms with Gasteiger partial charge in [-0.15, -0.1) is 0 Å². The summed E-state index contributed by atoms with van der Waals surface area (Å²) in [5.41, 5.74) is 7.36. The minimum Gasteiger partial charge on any atom is -0.396 e. The van der Waals surface area contributed by atoms with E-state index in [-0.39, 0.29) is 11.9 Å². The van der Waals surface area contributed by atoms with Gasteiger partial charge in [-0.2, -0.15) is 0 Å². The van der Waals surface area contributed by atoms with Crippen LogP contribution in [-0.4, -0.2) is 25.0 Å². The van der Waals surface area contributed by atoms with E-state index in [1.54, 1.807) is 6.07 Å². The Bertz CT molecular complexity index is 436. The average molecular weight is 254 g/mol. The van der Waals surface area contributed by atoms with Crippen molar-refractivity contribution >= 4 is 28.9 Å². The maximum Gasteiger partial charge on any atom is 0.242 e. The Balaban J connectivity index is 2.37. The Morgan fingerprint density at radius 3 is 3.06 bits per heavy atom. The highest BCUT2D eigenvalue weighted by molar-refractivity contribution is 6.33. The molecule has 1 aliphatic rings. The van der Waals surface area contributed by atoms with Gasteiger partial charge in [0.05, 0.1) is 16.4 Å². The number of carbonyl (C=O) groups is 1. The van der Waals surface area contributed by atoms with Crippen LogP contribution in [0.2, 0.25) is 5.02 Å². The minimum absolute atomic E-state index is 0.0538. The summed E-state index contributed by atoms with van der Waals surface area (Å²) >= 11 is 6.01. The van der Waals surface area contributed by atoms with Crippen molar-refractivity contribution in [2.45, 2.75) is 19.4 Å².